The Morgan fingerprint density at radius 3 is 2.75 bits per heavy atom. The molecule has 8 heteroatoms. The molecule has 0 fully saturated rings. The Bertz CT molecular complexity index is 574. The highest BCUT2D eigenvalue weighted by Gasteiger charge is 2.25. The number of hydrogen-bond acceptors (Lipinski definition) is 5. The lowest BCUT2D eigenvalue weighted by Gasteiger charge is -2.20. The first-order valence-corrected chi connectivity index (χ1v) is 7.73. The molecule has 0 bridgehead atoms. The second kappa shape index (κ2) is 6.78. The van der Waals surface area contributed by atoms with E-state index in [9.17, 15) is 13.2 Å². The molecule has 1 aromatic heterocycles. The number of hydrogen-bond donors (Lipinski definition) is 2. The number of nitrogens with zero attached hydrogens (tertiary/aromatic N) is 2. The maximum atomic E-state index is 12.3. The number of amides is 1. The van der Waals surface area contributed by atoms with E-state index in [2.05, 4.69) is 9.71 Å². The van der Waals surface area contributed by atoms with Gasteiger partial charge in [-0.2, -0.15) is 4.72 Å². The summed E-state index contributed by atoms with van der Waals surface area (Å²) in [4.78, 5) is 17.3. The van der Waals surface area contributed by atoms with Gasteiger partial charge in [-0.15, -0.1) is 0 Å². The van der Waals surface area contributed by atoms with Crippen LogP contribution in [0.1, 0.15) is 19.5 Å². The standard InChI is InChI=1S/C12H20N4O3S/c1-4-16(3)12(17)9(2)15-20(18,19)11-6-5-7-14-10(11)8-13/h5-7,9,15H,4,8,13H2,1-3H3. The lowest BCUT2D eigenvalue weighted by molar-refractivity contribution is -0.131. The van der Waals surface area contributed by atoms with Crippen LogP contribution in [0.2, 0.25) is 0 Å². The summed E-state index contributed by atoms with van der Waals surface area (Å²) in [6.07, 6.45) is 1.47. The minimum atomic E-state index is -3.83. The van der Waals surface area contributed by atoms with Crippen LogP contribution in [-0.4, -0.2) is 43.8 Å². The Morgan fingerprint density at radius 2 is 2.20 bits per heavy atom. The minimum absolute atomic E-state index is 0.00121. The number of carbonyl (C=O) groups excluding carboxylic acids is 1. The summed E-state index contributed by atoms with van der Waals surface area (Å²) in [5.41, 5.74) is 5.74. The molecule has 0 aliphatic heterocycles. The molecule has 1 amide bonds. The molecule has 0 saturated heterocycles. The van der Waals surface area contributed by atoms with E-state index < -0.39 is 16.1 Å². The summed E-state index contributed by atoms with van der Waals surface area (Å²) >= 11 is 0. The molecule has 0 spiro atoms. The molecule has 0 radical (unpaired) electrons. The fourth-order valence-corrected chi connectivity index (χ4v) is 3.05. The van der Waals surface area contributed by atoms with E-state index in [4.69, 9.17) is 5.73 Å². The van der Waals surface area contributed by atoms with Crippen LogP contribution in [0.15, 0.2) is 23.2 Å². The smallest absolute Gasteiger partial charge is 0.243 e. The van der Waals surface area contributed by atoms with Gasteiger partial charge in [0.1, 0.15) is 4.90 Å². The molecule has 1 rings (SSSR count). The zero-order valence-electron chi connectivity index (χ0n) is 11.8. The highest BCUT2D eigenvalue weighted by molar-refractivity contribution is 7.89. The van der Waals surface area contributed by atoms with E-state index in [0.717, 1.165) is 0 Å². The Labute approximate surface area is 119 Å². The summed E-state index contributed by atoms with van der Waals surface area (Å²) in [6, 6.07) is 2.08. The normalized spacial score (nSPS) is 13.0. The fraction of sp³-hybridized carbons (Fsp3) is 0.500. The van der Waals surface area contributed by atoms with Crippen molar-refractivity contribution in [1.82, 2.24) is 14.6 Å². The second-order valence-corrected chi connectivity index (χ2v) is 6.03. The summed E-state index contributed by atoms with van der Waals surface area (Å²) in [6.45, 7) is 3.83. The van der Waals surface area contributed by atoms with Crippen molar-refractivity contribution in [3.63, 3.8) is 0 Å². The van der Waals surface area contributed by atoms with Crippen LogP contribution in [0, 0.1) is 0 Å². The van der Waals surface area contributed by atoms with E-state index in [1.165, 1.54) is 30.2 Å². The third kappa shape index (κ3) is 3.75. The fourth-order valence-electron chi connectivity index (χ4n) is 1.65. The molecule has 0 aliphatic rings. The van der Waals surface area contributed by atoms with Crippen LogP contribution in [0.4, 0.5) is 0 Å². The summed E-state index contributed by atoms with van der Waals surface area (Å²) in [5, 5.41) is 0. The maximum Gasteiger partial charge on any atom is 0.243 e. The number of carbonyl (C=O) groups is 1. The molecule has 1 atom stereocenters. The highest BCUT2D eigenvalue weighted by Crippen LogP contribution is 2.13. The van der Waals surface area contributed by atoms with Gasteiger partial charge in [0.2, 0.25) is 15.9 Å². The third-order valence-corrected chi connectivity index (χ3v) is 4.50. The number of pyridine rings is 1. The third-order valence-electron chi connectivity index (χ3n) is 2.88. The van der Waals surface area contributed by atoms with Crippen LogP contribution >= 0.6 is 0 Å². The molecule has 0 aliphatic carbocycles. The molecule has 0 saturated carbocycles. The van der Waals surface area contributed by atoms with Crippen LogP contribution < -0.4 is 10.5 Å². The molecular formula is C12H20N4O3S. The maximum absolute atomic E-state index is 12.3. The van der Waals surface area contributed by atoms with E-state index in [1.807, 2.05) is 6.92 Å². The van der Waals surface area contributed by atoms with Gasteiger partial charge in [-0.1, -0.05) is 0 Å². The summed E-state index contributed by atoms with van der Waals surface area (Å²) in [5.74, 6) is -0.297. The molecular weight excluding hydrogens is 280 g/mol. The number of nitrogens with two attached hydrogens (primary N) is 1. The molecule has 7 nitrogen and oxygen atoms in total. The van der Waals surface area contributed by atoms with Crippen molar-refractivity contribution < 1.29 is 13.2 Å². The molecule has 20 heavy (non-hydrogen) atoms. The zero-order valence-corrected chi connectivity index (χ0v) is 12.6. The van der Waals surface area contributed by atoms with Gasteiger partial charge in [0, 0.05) is 26.3 Å². The SMILES string of the molecule is CCN(C)C(=O)C(C)NS(=O)(=O)c1cccnc1CN. The highest BCUT2D eigenvalue weighted by atomic mass is 32.2. The second-order valence-electron chi connectivity index (χ2n) is 4.35. The molecule has 1 aromatic rings. The largest absolute Gasteiger partial charge is 0.345 e. The molecule has 112 valence electrons. The molecule has 1 heterocycles. The number of likely N-dealkylation sites (N-methyl/N-ethyl adjacent to an activating group) is 1. The van der Waals surface area contributed by atoms with Crippen LogP contribution in [-0.2, 0) is 21.4 Å². The van der Waals surface area contributed by atoms with E-state index >= 15 is 0 Å². The quantitative estimate of drug-likeness (QED) is 0.749. The number of rotatable bonds is 6. The van der Waals surface area contributed by atoms with Gasteiger partial charge in [0.25, 0.3) is 0 Å². The number of sulfonamides is 1. The van der Waals surface area contributed by atoms with Crippen molar-refractivity contribution in [3.8, 4) is 0 Å². The predicted molar refractivity (Wildman–Crippen MR) is 75.2 cm³/mol. The Hall–Kier alpha value is -1.51. The van der Waals surface area contributed by atoms with Gasteiger partial charge in [-0.05, 0) is 26.0 Å². The average Bonchev–Trinajstić information content (AvgIpc) is 2.44. The lowest BCUT2D eigenvalue weighted by atomic mass is 10.3. The van der Waals surface area contributed by atoms with Crippen LogP contribution in [0.3, 0.4) is 0 Å². The predicted octanol–water partition coefficient (Wildman–Crippen LogP) is -0.315. The van der Waals surface area contributed by atoms with Gasteiger partial charge < -0.3 is 10.6 Å². The lowest BCUT2D eigenvalue weighted by Crippen LogP contribution is -2.45. The summed E-state index contributed by atoms with van der Waals surface area (Å²) < 4.78 is 26.9. The summed E-state index contributed by atoms with van der Waals surface area (Å²) in [7, 11) is -2.22. The van der Waals surface area contributed by atoms with Gasteiger partial charge in [-0.25, -0.2) is 8.42 Å². The minimum Gasteiger partial charge on any atom is -0.345 e. The first-order valence-electron chi connectivity index (χ1n) is 6.24. The first kappa shape index (κ1) is 16.5. The molecule has 1 unspecified atom stereocenters. The zero-order chi connectivity index (χ0) is 15.3. The average molecular weight is 300 g/mol. The van der Waals surface area contributed by atoms with Crippen molar-refractivity contribution in [2.24, 2.45) is 5.73 Å². The van der Waals surface area contributed by atoms with E-state index in [0.29, 0.717) is 6.54 Å². The van der Waals surface area contributed by atoms with Crippen LogP contribution in [0.5, 0.6) is 0 Å². The van der Waals surface area contributed by atoms with Crippen molar-refractivity contribution in [1.29, 1.82) is 0 Å². The van der Waals surface area contributed by atoms with Crippen molar-refractivity contribution in [2.75, 3.05) is 13.6 Å². The first-order chi connectivity index (χ1) is 9.33. The topological polar surface area (TPSA) is 105 Å². The van der Waals surface area contributed by atoms with E-state index in [-0.39, 0.29) is 23.0 Å². The van der Waals surface area contributed by atoms with E-state index in [1.54, 1.807) is 7.05 Å². The van der Waals surface area contributed by atoms with Gasteiger partial charge in [-0.3, -0.25) is 9.78 Å². The molecule has 0 aromatic carbocycles. The van der Waals surface area contributed by atoms with Gasteiger partial charge in [0.15, 0.2) is 0 Å². The number of aromatic nitrogens is 1. The van der Waals surface area contributed by atoms with Gasteiger partial charge >= 0.3 is 0 Å². The Balaban J connectivity index is 2.98. The van der Waals surface area contributed by atoms with Crippen molar-refractivity contribution >= 4 is 15.9 Å². The van der Waals surface area contributed by atoms with Crippen molar-refractivity contribution in [2.45, 2.75) is 31.3 Å². The number of nitrogens with one attached hydrogen (secondary N) is 1. The molecule has 3 N–H and O–H groups in total. The Kier molecular flexibility index (Phi) is 5.61. The van der Waals surface area contributed by atoms with Crippen LogP contribution in [0.25, 0.3) is 0 Å². The monoisotopic (exact) mass is 300 g/mol. The van der Waals surface area contributed by atoms with Gasteiger partial charge in [0.05, 0.1) is 11.7 Å². The Morgan fingerprint density at radius 1 is 1.55 bits per heavy atom. The van der Waals surface area contributed by atoms with Crippen molar-refractivity contribution in [3.05, 3.63) is 24.0 Å².